The Morgan fingerprint density at radius 3 is 2.52 bits per heavy atom. The molecular formula is C16H33NO4. The van der Waals surface area contributed by atoms with Crippen molar-refractivity contribution in [3.63, 3.8) is 0 Å². The molecule has 0 aliphatic heterocycles. The van der Waals surface area contributed by atoms with Crippen molar-refractivity contribution in [2.45, 2.75) is 63.8 Å². The van der Waals surface area contributed by atoms with Crippen molar-refractivity contribution in [2.24, 2.45) is 5.92 Å². The summed E-state index contributed by atoms with van der Waals surface area (Å²) in [6, 6.07) is 0. The number of hydrogen-bond acceptors (Lipinski definition) is 5. The predicted molar refractivity (Wildman–Crippen MR) is 83.4 cm³/mol. The molecule has 0 spiro atoms. The van der Waals surface area contributed by atoms with Crippen LogP contribution in [0.1, 0.15) is 46.0 Å². The zero-order valence-electron chi connectivity index (χ0n) is 13.8. The van der Waals surface area contributed by atoms with E-state index in [1.807, 2.05) is 6.92 Å². The van der Waals surface area contributed by atoms with Gasteiger partial charge in [-0.1, -0.05) is 13.3 Å². The highest BCUT2D eigenvalue weighted by Crippen LogP contribution is 2.33. The summed E-state index contributed by atoms with van der Waals surface area (Å²) in [5, 5.41) is 23.5. The van der Waals surface area contributed by atoms with Crippen LogP contribution in [0, 0.1) is 5.92 Å². The van der Waals surface area contributed by atoms with Gasteiger partial charge in [0, 0.05) is 20.2 Å². The maximum absolute atomic E-state index is 10.5. The SMILES string of the molecule is CCC1CCC(O)(CNCC(O)COC(C)COC)CC1. The first kappa shape index (κ1) is 18.8. The summed E-state index contributed by atoms with van der Waals surface area (Å²) in [4.78, 5) is 0. The van der Waals surface area contributed by atoms with E-state index >= 15 is 0 Å². The van der Waals surface area contributed by atoms with Gasteiger partial charge in [0.25, 0.3) is 0 Å². The Morgan fingerprint density at radius 2 is 1.95 bits per heavy atom. The highest BCUT2D eigenvalue weighted by atomic mass is 16.5. The molecule has 0 aromatic carbocycles. The van der Waals surface area contributed by atoms with Crippen molar-refractivity contribution in [2.75, 3.05) is 33.4 Å². The second-order valence-corrected chi connectivity index (χ2v) is 6.46. The van der Waals surface area contributed by atoms with Crippen molar-refractivity contribution in [3.8, 4) is 0 Å². The van der Waals surface area contributed by atoms with Gasteiger partial charge in [-0.05, 0) is 38.5 Å². The molecule has 0 aromatic heterocycles. The monoisotopic (exact) mass is 303 g/mol. The van der Waals surface area contributed by atoms with E-state index in [0.29, 0.717) is 19.7 Å². The molecule has 3 N–H and O–H groups in total. The molecule has 1 fully saturated rings. The number of aliphatic hydroxyl groups excluding tert-OH is 1. The third-order valence-electron chi connectivity index (χ3n) is 4.42. The number of aliphatic hydroxyl groups is 2. The van der Waals surface area contributed by atoms with Gasteiger partial charge in [-0.3, -0.25) is 0 Å². The predicted octanol–water partition coefficient (Wildman–Crippen LogP) is 1.32. The Labute approximate surface area is 129 Å². The number of nitrogens with one attached hydrogen (secondary N) is 1. The maximum Gasteiger partial charge on any atom is 0.0897 e. The lowest BCUT2D eigenvalue weighted by molar-refractivity contribution is -0.0362. The van der Waals surface area contributed by atoms with Gasteiger partial charge in [0.1, 0.15) is 0 Å². The Kier molecular flexibility index (Phi) is 8.74. The fourth-order valence-electron chi connectivity index (χ4n) is 2.89. The molecule has 5 nitrogen and oxygen atoms in total. The second-order valence-electron chi connectivity index (χ2n) is 6.46. The van der Waals surface area contributed by atoms with Crippen LogP contribution in [0.15, 0.2) is 0 Å². The third-order valence-corrected chi connectivity index (χ3v) is 4.42. The average molecular weight is 303 g/mol. The lowest BCUT2D eigenvalue weighted by Crippen LogP contribution is -2.45. The van der Waals surface area contributed by atoms with Crippen LogP contribution >= 0.6 is 0 Å². The molecule has 126 valence electrons. The van der Waals surface area contributed by atoms with Crippen LogP contribution in [-0.2, 0) is 9.47 Å². The van der Waals surface area contributed by atoms with Gasteiger partial charge in [-0.15, -0.1) is 0 Å². The van der Waals surface area contributed by atoms with Crippen LogP contribution in [0.5, 0.6) is 0 Å². The lowest BCUT2D eigenvalue weighted by atomic mass is 9.78. The minimum atomic E-state index is -0.602. The fraction of sp³-hybridized carbons (Fsp3) is 1.00. The molecule has 0 radical (unpaired) electrons. The summed E-state index contributed by atoms with van der Waals surface area (Å²) >= 11 is 0. The molecule has 0 heterocycles. The lowest BCUT2D eigenvalue weighted by Gasteiger charge is -2.36. The quantitative estimate of drug-likeness (QED) is 0.568. The van der Waals surface area contributed by atoms with Crippen LogP contribution in [0.3, 0.4) is 0 Å². The zero-order valence-corrected chi connectivity index (χ0v) is 13.8. The Balaban J connectivity index is 2.12. The number of rotatable bonds is 10. The van der Waals surface area contributed by atoms with Crippen molar-refractivity contribution < 1.29 is 19.7 Å². The van der Waals surface area contributed by atoms with Crippen molar-refractivity contribution >= 4 is 0 Å². The van der Waals surface area contributed by atoms with E-state index in [0.717, 1.165) is 31.6 Å². The van der Waals surface area contributed by atoms with E-state index in [1.165, 1.54) is 6.42 Å². The van der Waals surface area contributed by atoms with Gasteiger partial charge in [0.2, 0.25) is 0 Å². The summed E-state index contributed by atoms with van der Waals surface area (Å²) in [6.45, 7) is 5.94. The first-order valence-electron chi connectivity index (χ1n) is 8.20. The molecule has 21 heavy (non-hydrogen) atoms. The molecule has 1 rings (SSSR count). The molecule has 1 aliphatic rings. The first-order chi connectivity index (χ1) is 9.99. The third kappa shape index (κ3) is 7.56. The molecule has 1 aliphatic carbocycles. The Morgan fingerprint density at radius 1 is 1.29 bits per heavy atom. The van der Waals surface area contributed by atoms with Gasteiger partial charge in [0.15, 0.2) is 0 Å². The van der Waals surface area contributed by atoms with E-state index in [4.69, 9.17) is 9.47 Å². The van der Waals surface area contributed by atoms with Crippen LogP contribution in [0.25, 0.3) is 0 Å². The standard InChI is InChI=1S/C16H33NO4/c1-4-14-5-7-16(19,8-6-14)12-17-9-15(18)11-21-13(2)10-20-3/h13-15,17-19H,4-12H2,1-3H3. The van der Waals surface area contributed by atoms with Gasteiger partial charge < -0.3 is 25.0 Å². The summed E-state index contributed by atoms with van der Waals surface area (Å²) in [5.41, 5.74) is -0.602. The molecule has 0 bridgehead atoms. The van der Waals surface area contributed by atoms with Crippen molar-refractivity contribution in [1.29, 1.82) is 0 Å². The van der Waals surface area contributed by atoms with E-state index in [1.54, 1.807) is 7.11 Å². The summed E-state index contributed by atoms with van der Waals surface area (Å²) in [5.74, 6) is 0.770. The highest BCUT2D eigenvalue weighted by Gasteiger charge is 2.32. The van der Waals surface area contributed by atoms with Gasteiger partial charge in [0.05, 0.1) is 31.0 Å². The Hall–Kier alpha value is -0.200. The molecule has 2 atom stereocenters. The molecule has 0 amide bonds. The van der Waals surface area contributed by atoms with E-state index in [-0.39, 0.29) is 12.7 Å². The maximum atomic E-state index is 10.5. The van der Waals surface area contributed by atoms with Gasteiger partial charge in [-0.2, -0.15) is 0 Å². The topological polar surface area (TPSA) is 71.0 Å². The molecule has 0 saturated heterocycles. The smallest absolute Gasteiger partial charge is 0.0897 e. The minimum Gasteiger partial charge on any atom is -0.389 e. The van der Waals surface area contributed by atoms with E-state index < -0.39 is 11.7 Å². The van der Waals surface area contributed by atoms with Crippen LogP contribution in [0.4, 0.5) is 0 Å². The second kappa shape index (κ2) is 9.74. The molecule has 0 aromatic rings. The molecule has 2 unspecified atom stereocenters. The van der Waals surface area contributed by atoms with Crippen LogP contribution in [-0.4, -0.2) is 61.4 Å². The fourth-order valence-corrected chi connectivity index (χ4v) is 2.89. The largest absolute Gasteiger partial charge is 0.389 e. The van der Waals surface area contributed by atoms with Crippen LogP contribution in [0.2, 0.25) is 0 Å². The Bertz CT molecular complexity index is 267. The average Bonchev–Trinajstić information content (AvgIpc) is 2.46. The van der Waals surface area contributed by atoms with Crippen molar-refractivity contribution in [3.05, 3.63) is 0 Å². The zero-order chi connectivity index (χ0) is 15.7. The number of hydrogen-bond donors (Lipinski definition) is 3. The minimum absolute atomic E-state index is 0.0156. The van der Waals surface area contributed by atoms with E-state index in [9.17, 15) is 10.2 Å². The summed E-state index contributed by atoms with van der Waals surface area (Å²) in [7, 11) is 1.63. The molecular weight excluding hydrogens is 270 g/mol. The number of ether oxygens (including phenoxy) is 2. The first-order valence-corrected chi connectivity index (χ1v) is 8.20. The summed E-state index contributed by atoms with van der Waals surface area (Å²) in [6.07, 6.45) is 4.56. The molecule has 5 heteroatoms. The summed E-state index contributed by atoms with van der Waals surface area (Å²) < 4.78 is 10.4. The van der Waals surface area contributed by atoms with Crippen molar-refractivity contribution in [1.82, 2.24) is 5.32 Å². The van der Waals surface area contributed by atoms with Crippen LogP contribution < -0.4 is 5.32 Å². The number of methoxy groups -OCH3 is 1. The van der Waals surface area contributed by atoms with Gasteiger partial charge in [-0.25, -0.2) is 0 Å². The molecule has 1 saturated carbocycles. The van der Waals surface area contributed by atoms with E-state index in [2.05, 4.69) is 12.2 Å². The normalized spacial score (nSPS) is 29.3. The van der Waals surface area contributed by atoms with Gasteiger partial charge >= 0.3 is 0 Å². The highest BCUT2D eigenvalue weighted by molar-refractivity contribution is 4.87.